The average molecular weight is 312 g/mol. The summed E-state index contributed by atoms with van der Waals surface area (Å²) >= 11 is 6.19. The standard InChI is InChI=1S/C16H22ClNO3/c1-5-16(3)15(19)18(7-6-8-20-4)13-9-11(2)12(17)10-14(13)21-16/h9-10H,5-8H2,1-4H3. The Labute approximate surface area is 131 Å². The number of hydrogen-bond acceptors (Lipinski definition) is 3. The van der Waals surface area contributed by atoms with Gasteiger partial charge in [0, 0.05) is 31.4 Å². The van der Waals surface area contributed by atoms with E-state index in [4.69, 9.17) is 21.1 Å². The summed E-state index contributed by atoms with van der Waals surface area (Å²) in [4.78, 5) is 14.6. The number of hydrogen-bond donors (Lipinski definition) is 0. The number of fused-ring (bicyclic) bond motifs is 1. The Morgan fingerprint density at radius 2 is 2.14 bits per heavy atom. The maximum Gasteiger partial charge on any atom is 0.270 e. The third-order valence-corrected chi connectivity index (χ3v) is 4.38. The summed E-state index contributed by atoms with van der Waals surface area (Å²) in [5, 5.41) is 0.651. The molecule has 21 heavy (non-hydrogen) atoms. The van der Waals surface area contributed by atoms with Gasteiger partial charge in [-0.25, -0.2) is 0 Å². The molecule has 1 atom stereocenters. The second-order valence-electron chi connectivity index (χ2n) is 5.56. The largest absolute Gasteiger partial charge is 0.475 e. The molecule has 0 fully saturated rings. The molecule has 0 aliphatic carbocycles. The molecule has 1 aliphatic heterocycles. The van der Waals surface area contributed by atoms with Gasteiger partial charge in [-0.1, -0.05) is 18.5 Å². The fourth-order valence-corrected chi connectivity index (χ4v) is 2.59. The van der Waals surface area contributed by atoms with E-state index in [0.29, 0.717) is 30.3 Å². The molecule has 1 heterocycles. The SMILES string of the molecule is CCC1(C)Oc2cc(Cl)c(C)cc2N(CCCOC)C1=O. The van der Waals surface area contributed by atoms with Gasteiger partial charge in [0.2, 0.25) is 0 Å². The summed E-state index contributed by atoms with van der Waals surface area (Å²) < 4.78 is 11.0. The van der Waals surface area contributed by atoms with Crippen molar-refractivity contribution in [1.82, 2.24) is 0 Å². The molecule has 5 heteroatoms. The van der Waals surface area contributed by atoms with Crippen molar-refractivity contribution in [3.8, 4) is 5.75 Å². The van der Waals surface area contributed by atoms with Gasteiger partial charge in [0.15, 0.2) is 5.60 Å². The highest BCUT2D eigenvalue weighted by atomic mass is 35.5. The lowest BCUT2D eigenvalue weighted by Crippen LogP contribution is -2.54. The summed E-state index contributed by atoms with van der Waals surface area (Å²) in [7, 11) is 1.66. The first-order valence-corrected chi connectivity index (χ1v) is 7.61. The number of benzene rings is 1. The Kier molecular flexibility index (Phi) is 4.79. The van der Waals surface area contributed by atoms with Gasteiger partial charge >= 0.3 is 0 Å². The zero-order valence-corrected chi connectivity index (χ0v) is 13.8. The topological polar surface area (TPSA) is 38.8 Å². The van der Waals surface area contributed by atoms with Crippen molar-refractivity contribution in [2.75, 3.05) is 25.2 Å². The summed E-state index contributed by atoms with van der Waals surface area (Å²) in [6.45, 7) is 6.94. The number of halogens is 1. The number of nitrogens with zero attached hydrogens (tertiary/aromatic N) is 1. The summed E-state index contributed by atoms with van der Waals surface area (Å²) in [6, 6.07) is 3.72. The molecular weight excluding hydrogens is 290 g/mol. The van der Waals surface area contributed by atoms with Crippen molar-refractivity contribution in [3.63, 3.8) is 0 Å². The van der Waals surface area contributed by atoms with Crippen LogP contribution >= 0.6 is 11.6 Å². The van der Waals surface area contributed by atoms with Gasteiger partial charge in [-0.15, -0.1) is 0 Å². The second-order valence-corrected chi connectivity index (χ2v) is 5.97. The van der Waals surface area contributed by atoms with Gasteiger partial charge in [0.25, 0.3) is 5.91 Å². The third-order valence-electron chi connectivity index (χ3n) is 3.97. The van der Waals surface area contributed by atoms with Gasteiger partial charge in [-0.3, -0.25) is 4.79 Å². The second kappa shape index (κ2) is 6.24. The quantitative estimate of drug-likeness (QED) is 0.780. The molecule has 0 radical (unpaired) electrons. The van der Waals surface area contributed by atoms with Crippen LogP contribution < -0.4 is 9.64 Å². The highest BCUT2D eigenvalue weighted by Crippen LogP contribution is 2.41. The number of carbonyl (C=O) groups is 1. The Hall–Kier alpha value is -1.26. The Balaban J connectivity index is 2.42. The number of ether oxygens (including phenoxy) is 2. The van der Waals surface area contributed by atoms with E-state index >= 15 is 0 Å². The number of aryl methyl sites for hydroxylation is 1. The maximum absolute atomic E-state index is 12.8. The normalized spacial score (nSPS) is 21.2. The van der Waals surface area contributed by atoms with Gasteiger partial charge in [0.1, 0.15) is 5.75 Å². The minimum Gasteiger partial charge on any atom is -0.475 e. The first kappa shape index (κ1) is 16.1. The number of anilines is 1. The fraction of sp³-hybridized carbons (Fsp3) is 0.562. The third kappa shape index (κ3) is 3.01. The predicted octanol–water partition coefficient (Wildman–Crippen LogP) is 3.58. The molecule has 1 aliphatic rings. The molecule has 0 bridgehead atoms. The number of methoxy groups -OCH3 is 1. The monoisotopic (exact) mass is 311 g/mol. The molecule has 0 saturated carbocycles. The van der Waals surface area contributed by atoms with Crippen LogP contribution in [0, 0.1) is 6.92 Å². The first-order chi connectivity index (χ1) is 9.92. The van der Waals surface area contributed by atoms with E-state index in [2.05, 4.69) is 0 Å². The molecule has 4 nitrogen and oxygen atoms in total. The van der Waals surface area contributed by atoms with Gasteiger partial charge in [-0.05, 0) is 38.3 Å². The molecule has 2 rings (SSSR count). The van der Waals surface area contributed by atoms with Crippen LogP contribution in [0.4, 0.5) is 5.69 Å². The lowest BCUT2D eigenvalue weighted by molar-refractivity contribution is -0.134. The lowest BCUT2D eigenvalue weighted by atomic mass is 9.97. The van der Waals surface area contributed by atoms with Crippen LogP contribution in [0.3, 0.4) is 0 Å². The summed E-state index contributed by atoms with van der Waals surface area (Å²) in [5.41, 5.74) is 0.895. The van der Waals surface area contributed by atoms with Crippen LogP contribution in [0.2, 0.25) is 5.02 Å². The van der Waals surface area contributed by atoms with E-state index in [1.165, 1.54) is 0 Å². The first-order valence-electron chi connectivity index (χ1n) is 7.23. The minimum atomic E-state index is -0.835. The van der Waals surface area contributed by atoms with E-state index in [-0.39, 0.29) is 5.91 Å². The minimum absolute atomic E-state index is 0.00433. The van der Waals surface area contributed by atoms with Crippen molar-refractivity contribution in [3.05, 3.63) is 22.7 Å². The van der Waals surface area contributed by atoms with Crippen LogP contribution in [-0.2, 0) is 9.53 Å². The lowest BCUT2D eigenvalue weighted by Gasteiger charge is -2.40. The predicted molar refractivity (Wildman–Crippen MR) is 84.4 cm³/mol. The van der Waals surface area contributed by atoms with Crippen LogP contribution in [0.15, 0.2) is 12.1 Å². The highest BCUT2D eigenvalue weighted by Gasteiger charge is 2.43. The average Bonchev–Trinajstić information content (AvgIpc) is 2.46. The molecule has 0 spiro atoms. The van der Waals surface area contributed by atoms with Gasteiger partial charge in [0.05, 0.1) is 5.69 Å². The number of rotatable bonds is 5. The summed E-state index contributed by atoms with van der Waals surface area (Å²) in [6.07, 6.45) is 1.39. The van der Waals surface area contributed by atoms with Gasteiger partial charge < -0.3 is 14.4 Å². The van der Waals surface area contributed by atoms with E-state index in [1.54, 1.807) is 18.1 Å². The van der Waals surface area contributed by atoms with Crippen LogP contribution in [0.1, 0.15) is 32.3 Å². The van der Waals surface area contributed by atoms with Gasteiger partial charge in [-0.2, -0.15) is 0 Å². The Bertz CT molecular complexity index is 547. The fourth-order valence-electron chi connectivity index (χ4n) is 2.43. The molecule has 0 saturated heterocycles. The molecular formula is C16H22ClNO3. The van der Waals surface area contributed by atoms with Crippen molar-refractivity contribution < 1.29 is 14.3 Å². The van der Waals surface area contributed by atoms with Crippen molar-refractivity contribution in [1.29, 1.82) is 0 Å². The molecule has 0 aromatic heterocycles. The van der Waals surface area contributed by atoms with Crippen molar-refractivity contribution in [2.45, 2.75) is 39.2 Å². The van der Waals surface area contributed by atoms with E-state index in [0.717, 1.165) is 17.7 Å². The molecule has 1 aromatic rings. The molecule has 116 valence electrons. The Morgan fingerprint density at radius 3 is 2.76 bits per heavy atom. The van der Waals surface area contributed by atoms with Crippen LogP contribution in [0.25, 0.3) is 0 Å². The molecule has 0 N–H and O–H groups in total. The highest BCUT2D eigenvalue weighted by molar-refractivity contribution is 6.31. The number of carbonyl (C=O) groups excluding carboxylic acids is 1. The van der Waals surface area contributed by atoms with E-state index in [9.17, 15) is 4.79 Å². The Morgan fingerprint density at radius 1 is 1.43 bits per heavy atom. The molecule has 1 unspecified atom stereocenters. The molecule has 1 aromatic carbocycles. The summed E-state index contributed by atoms with van der Waals surface area (Å²) in [5.74, 6) is 0.669. The zero-order chi connectivity index (χ0) is 15.6. The number of amides is 1. The zero-order valence-electron chi connectivity index (χ0n) is 13.0. The van der Waals surface area contributed by atoms with E-state index < -0.39 is 5.60 Å². The van der Waals surface area contributed by atoms with Crippen LogP contribution in [-0.4, -0.2) is 31.8 Å². The van der Waals surface area contributed by atoms with Crippen molar-refractivity contribution >= 4 is 23.2 Å². The smallest absolute Gasteiger partial charge is 0.270 e. The molecule has 1 amide bonds. The maximum atomic E-state index is 12.8. The van der Waals surface area contributed by atoms with Crippen LogP contribution in [0.5, 0.6) is 5.75 Å². The van der Waals surface area contributed by atoms with Crippen molar-refractivity contribution in [2.24, 2.45) is 0 Å². The van der Waals surface area contributed by atoms with E-state index in [1.807, 2.05) is 26.8 Å².